The first-order valence-electron chi connectivity index (χ1n) is 9.89. The average molecular weight is 478 g/mol. The van der Waals surface area contributed by atoms with Gasteiger partial charge in [-0.15, -0.1) is 0 Å². The molecule has 0 aliphatic carbocycles. The fourth-order valence-electron chi connectivity index (χ4n) is 3.50. The molecule has 2 heterocycles. The first kappa shape index (κ1) is 22.7. The summed E-state index contributed by atoms with van der Waals surface area (Å²) >= 11 is 5.26. The van der Waals surface area contributed by atoms with Crippen LogP contribution in [0.25, 0.3) is 11.8 Å². The summed E-state index contributed by atoms with van der Waals surface area (Å²) in [6.45, 7) is 0. The molecule has 1 aromatic heterocycles. The van der Waals surface area contributed by atoms with E-state index in [-0.39, 0.29) is 16.4 Å². The van der Waals surface area contributed by atoms with Crippen LogP contribution in [-0.2, 0) is 9.59 Å². The van der Waals surface area contributed by atoms with E-state index < -0.39 is 16.7 Å². The fraction of sp³-hybridized carbons (Fsp3) is 0.0870. The minimum atomic E-state index is -0.662. The smallest absolute Gasteiger partial charge is 0.271 e. The number of aromatic nitrogens is 1. The molecule has 11 heteroatoms. The van der Waals surface area contributed by atoms with Crippen LogP contribution in [0.15, 0.2) is 66.4 Å². The van der Waals surface area contributed by atoms with Crippen molar-refractivity contribution in [1.82, 2.24) is 9.88 Å². The quantitative estimate of drug-likeness (QED) is 0.190. The van der Waals surface area contributed by atoms with Gasteiger partial charge >= 0.3 is 0 Å². The lowest BCUT2D eigenvalue weighted by Crippen LogP contribution is -2.54. The zero-order chi connectivity index (χ0) is 24.4. The maximum atomic E-state index is 13.4. The highest BCUT2D eigenvalue weighted by Gasteiger charge is 2.36. The number of nitro benzene ring substituents is 1. The van der Waals surface area contributed by atoms with Crippen LogP contribution in [0.5, 0.6) is 11.5 Å². The first-order chi connectivity index (χ1) is 16.3. The number of nitrogens with zero attached hydrogens (tertiary/aromatic N) is 3. The third kappa shape index (κ3) is 4.11. The van der Waals surface area contributed by atoms with E-state index in [1.165, 1.54) is 37.3 Å². The number of ether oxygens (including phenoxy) is 2. The van der Waals surface area contributed by atoms with Gasteiger partial charge in [0.25, 0.3) is 17.5 Å². The number of thiocarbonyl (C=S) groups is 1. The summed E-state index contributed by atoms with van der Waals surface area (Å²) in [5, 5.41) is 13.6. The summed E-state index contributed by atoms with van der Waals surface area (Å²) in [7, 11) is 2.94. The van der Waals surface area contributed by atoms with E-state index in [2.05, 4.69) is 5.32 Å². The molecule has 1 aliphatic heterocycles. The zero-order valence-electron chi connectivity index (χ0n) is 18.1. The number of nitro groups is 1. The zero-order valence-corrected chi connectivity index (χ0v) is 18.9. The third-order valence-corrected chi connectivity index (χ3v) is 5.41. The second-order valence-corrected chi connectivity index (χ2v) is 7.46. The molecule has 10 nitrogen and oxygen atoms in total. The SMILES string of the molecule is COc1ccc(N2C(=O)/C(=C/c3cccn3-c3cccc([N+](=O)[O-])c3)C(=O)NC2=S)c(OC)c1. The Morgan fingerprint density at radius 3 is 2.56 bits per heavy atom. The molecule has 0 unspecified atom stereocenters. The summed E-state index contributed by atoms with van der Waals surface area (Å²) in [5.41, 5.74) is 1.04. The van der Waals surface area contributed by atoms with Crippen LogP contribution in [0.1, 0.15) is 5.69 Å². The molecule has 172 valence electrons. The van der Waals surface area contributed by atoms with Gasteiger partial charge in [0, 0.05) is 30.1 Å². The highest BCUT2D eigenvalue weighted by molar-refractivity contribution is 7.80. The van der Waals surface area contributed by atoms with Crippen LogP contribution < -0.4 is 19.7 Å². The number of amides is 2. The first-order valence-corrected chi connectivity index (χ1v) is 10.3. The minimum Gasteiger partial charge on any atom is -0.497 e. The lowest BCUT2D eigenvalue weighted by Gasteiger charge is -2.30. The number of benzene rings is 2. The number of nitrogens with one attached hydrogen (secondary N) is 1. The highest BCUT2D eigenvalue weighted by atomic mass is 32.1. The third-order valence-electron chi connectivity index (χ3n) is 5.12. The molecule has 2 amide bonds. The Labute approximate surface area is 199 Å². The maximum Gasteiger partial charge on any atom is 0.271 e. The maximum absolute atomic E-state index is 13.4. The highest BCUT2D eigenvalue weighted by Crippen LogP contribution is 2.34. The molecule has 0 radical (unpaired) electrons. The summed E-state index contributed by atoms with van der Waals surface area (Å²) in [6, 6.07) is 14.2. The Bertz CT molecular complexity index is 1360. The molecule has 1 fully saturated rings. The van der Waals surface area contributed by atoms with E-state index >= 15 is 0 Å². The summed E-state index contributed by atoms with van der Waals surface area (Å²) in [5.74, 6) is -0.467. The van der Waals surface area contributed by atoms with Crippen molar-refractivity contribution in [1.29, 1.82) is 0 Å². The Hall–Kier alpha value is -4.51. The Morgan fingerprint density at radius 1 is 1.06 bits per heavy atom. The molecular formula is C23H18N4O6S. The van der Waals surface area contributed by atoms with Crippen molar-refractivity contribution in [3.63, 3.8) is 0 Å². The number of methoxy groups -OCH3 is 2. The van der Waals surface area contributed by atoms with E-state index in [0.717, 1.165) is 0 Å². The van der Waals surface area contributed by atoms with Gasteiger partial charge in [-0.3, -0.25) is 25.0 Å². The van der Waals surface area contributed by atoms with Crippen molar-refractivity contribution < 1.29 is 24.0 Å². The van der Waals surface area contributed by atoms with Gasteiger partial charge in [0.1, 0.15) is 17.1 Å². The van der Waals surface area contributed by atoms with E-state index in [4.69, 9.17) is 21.7 Å². The van der Waals surface area contributed by atoms with Gasteiger partial charge in [-0.1, -0.05) is 6.07 Å². The molecule has 1 N–H and O–H groups in total. The number of non-ortho nitro benzene ring substituents is 1. The van der Waals surface area contributed by atoms with E-state index in [1.807, 2.05) is 0 Å². The Kier molecular flexibility index (Phi) is 6.11. The molecule has 0 saturated carbocycles. The van der Waals surface area contributed by atoms with Crippen molar-refractivity contribution in [2.45, 2.75) is 0 Å². The molecule has 0 bridgehead atoms. The minimum absolute atomic E-state index is 0.0839. The summed E-state index contributed by atoms with van der Waals surface area (Å²) < 4.78 is 12.2. The lowest BCUT2D eigenvalue weighted by molar-refractivity contribution is -0.384. The van der Waals surface area contributed by atoms with Crippen LogP contribution in [0.2, 0.25) is 0 Å². The number of rotatable bonds is 6. The second kappa shape index (κ2) is 9.16. The molecule has 34 heavy (non-hydrogen) atoms. The topological polar surface area (TPSA) is 116 Å². The number of anilines is 1. The van der Waals surface area contributed by atoms with Crippen molar-refractivity contribution in [2.75, 3.05) is 19.1 Å². The molecule has 0 atom stereocenters. The summed E-state index contributed by atoms with van der Waals surface area (Å²) in [6.07, 6.45) is 3.08. The average Bonchev–Trinajstić information content (AvgIpc) is 3.30. The number of carbonyl (C=O) groups excluding carboxylic acids is 2. The molecular weight excluding hydrogens is 460 g/mol. The normalized spacial score (nSPS) is 14.8. The van der Waals surface area contributed by atoms with E-state index in [0.29, 0.717) is 28.6 Å². The van der Waals surface area contributed by atoms with Crippen LogP contribution in [0.4, 0.5) is 11.4 Å². The van der Waals surface area contributed by atoms with Crippen LogP contribution in [0, 0.1) is 10.1 Å². The van der Waals surface area contributed by atoms with Crippen molar-refractivity contribution in [2.24, 2.45) is 0 Å². The van der Waals surface area contributed by atoms with Gasteiger partial charge in [-0.2, -0.15) is 0 Å². The van der Waals surface area contributed by atoms with Gasteiger partial charge < -0.3 is 14.0 Å². The van der Waals surface area contributed by atoms with Crippen LogP contribution >= 0.6 is 12.2 Å². The van der Waals surface area contributed by atoms with Crippen molar-refractivity contribution in [3.8, 4) is 17.2 Å². The van der Waals surface area contributed by atoms with Crippen molar-refractivity contribution in [3.05, 3.63) is 82.2 Å². The summed E-state index contributed by atoms with van der Waals surface area (Å²) in [4.78, 5) is 37.9. The van der Waals surface area contributed by atoms with Crippen LogP contribution in [0.3, 0.4) is 0 Å². The largest absolute Gasteiger partial charge is 0.497 e. The molecule has 3 aromatic rings. The number of hydrogen-bond acceptors (Lipinski definition) is 7. The lowest BCUT2D eigenvalue weighted by atomic mass is 10.1. The van der Waals surface area contributed by atoms with Crippen molar-refractivity contribution >= 4 is 46.6 Å². The molecule has 2 aromatic carbocycles. The molecule has 4 rings (SSSR count). The van der Waals surface area contributed by atoms with Crippen LogP contribution in [-0.4, -0.2) is 40.6 Å². The Morgan fingerprint density at radius 2 is 1.85 bits per heavy atom. The van der Waals surface area contributed by atoms with E-state index in [9.17, 15) is 19.7 Å². The van der Waals surface area contributed by atoms with Gasteiger partial charge in [0.2, 0.25) is 0 Å². The Balaban J connectivity index is 1.76. The predicted octanol–water partition coefficient (Wildman–Crippen LogP) is 3.23. The predicted molar refractivity (Wildman–Crippen MR) is 128 cm³/mol. The standard InChI is InChI=1S/C23H18N4O6S/c1-32-17-8-9-19(20(13-17)33-2)26-22(29)18(21(28)24-23(26)34)12-15-7-4-10-25(15)14-5-3-6-16(11-14)27(30)31/h3-13H,1-2H3,(H,24,28,34)/b18-12+. The number of carbonyl (C=O) groups is 2. The molecule has 0 spiro atoms. The number of hydrogen-bond donors (Lipinski definition) is 1. The second-order valence-electron chi connectivity index (χ2n) is 7.08. The van der Waals surface area contributed by atoms with Gasteiger partial charge in [-0.05, 0) is 48.6 Å². The fourth-order valence-corrected chi connectivity index (χ4v) is 3.77. The van der Waals surface area contributed by atoms with Gasteiger partial charge in [-0.25, -0.2) is 4.90 Å². The molecule has 1 aliphatic rings. The molecule has 1 saturated heterocycles. The van der Waals surface area contributed by atoms with Gasteiger partial charge in [0.05, 0.1) is 30.5 Å². The van der Waals surface area contributed by atoms with Gasteiger partial charge in [0.15, 0.2) is 5.11 Å². The van der Waals surface area contributed by atoms with E-state index in [1.54, 1.807) is 53.2 Å². The monoisotopic (exact) mass is 478 g/mol.